The van der Waals surface area contributed by atoms with Crippen molar-refractivity contribution in [1.29, 1.82) is 0 Å². The number of carboxylic acids is 1. The Kier molecular flexibility index (Phi) is 3.14. The van der Waals surface area contributed by atoms with Gasteiger partial charge in [0.15, 0.2) is 0 Å². The second-order valence-corrected chi connectivity index (χ2v) is 3.28. The maximum atomic E-state index is 11.5. The molecule has 0 aliphatic heterocycles. The molecule has 0 saturated heterocycles. The van der Waals surface area contributed by atoms with E-state index in [1.165, 1.54) is 10.7 Å². The molecule has 0 amide bonds. The molecule has 15 heavy (non-hydrogen) atoms. The van der Waals surface area contributed by atoms with Gasteiger partial charge in [-0.1, -0.05) is 0 Å². The smallest absolute Gasteiger partial charge is 0.337 e. The quantitative estimate of drug-likeness (QED) is 0.771. The highest BCUT2D eigenvalue weighted by molar-refractivity contribution is 5.90. The van der Waals surface area contributed by atoms with Gasteiger partial charge in [0, 0.05) is 12.6 Å². The van der Waals surface area contributed by atoms with Crippen molar-refractivity contribution in [2.75, 3.05) is 12.0 Å². The van der Waals surface area contributed by atoms with E-state index in [-0.39, 0.29) is 11.1 Å². The minimum Gasteiger partial charge on any atom is -0.478 e. The lowest BCUT2D eigenvalue weighted by Gasteiger charge is -2.14. The van der Waals surface area contributed by atoms with Crippen molar-refractivity contribution in [3.8, 4) is 0 Å². The molecule has 1 rings (SSSR count). The summed E-state index contributed by atoms with van der Waals surface area (Å²) in [4.78, 5) is 22.5. The third-order valence-electron chi connectivity index (χ3n) is 2.18. The molecule has 0 aliphatic carbocycles. The van der Waals surface area contributed by atoms with E-state index in [0.29, 0.717) is 17.8 Å². The number of hydrogen-bond donors (Lipinski definition) is 2. The van der Waals surface area contributed by atoms with Crippen molar-refractivity contribution in [2.45, 2.75) is 20.8 Å². The molecule has 0 unspecified atom stereocenters. The number of pyridine rings is 1. The number of carboxylic acid groups (broad SMARTS) is 1. The number of nitrogens with one attached hydrogen (secondary N) is 1. The van der Waals surface area contributed by atoms with Crippen LogP contribution in [-0.4, -0.2) is 22.3 Å². The van der Waals surface area contributed by atoms with Gasteiger partial charge in [0.2, 0.25) is 0 Å². The monoisotopic (exact) mass is 210 g/mol. The summed E-state index contributed by atoms with van der Waals surface area (Å²) in [6.07, 6.45) is 0. The molecule has 0 spiro atoms. The normalized spacial score (nSPS) is 10.1. The van der Waals surface area contributed by atoms with Crippen LogP contribution < -0.4 is 11.0 Å². The predicted molar refractivity (Wildman–Crippen MR) is 57.0 cm³/mol. The van der Waals surface area contributed by atoms with E-state index >= 15 is 0 Å². The zero-order chi connectivity index (χ0) is 11.6. The van der Waals surface area contributed by atoms with E-state index in [9.17, 15) is 9.59 Å². The molecule has 5 heteroatoms. The fourth-order valence-corrected chi connectivity index (χ4v) is 1.56. The van der Waals surface area contributed by atoms with Gasteiger partial charge in [-0.25, -0.2) is 9.47 Å². The van der Waals surface area contributed by atoms with Crippen LogP contribution in [0.1, 0.15) is 28.5 Å². The minimum atomic E-state index is -1.02. The predicted octanol–water partition coefficient (Wildman–Crippen LogP) is 0.727. The Balaban J connectivity index is 3.49. The molecule has 0 fully saturated rings. The van der Waals surface area contributed by atoms with Crippen LogP contribution in [0.25, 0.3) is 0 Å². The highest BCUT2D eigenvalue weighted by atomic mass is 16.4. The summed E-state index contributed by atoms with van der Waals surface area (Å²) in [6.45, 7) is 5.63. The van der Waals surface area contributed by atoms with Crippen LogP contribution in [0.15, 0.2) is 10.9 Å². The maximum Gasteiger partial charge on any atom is 0.337 e. The zero-order valence-corrected chi connectivity index (χ0v) is 9.00. The average molecular weight is 210 g/mol. The first-order valence-corrected chi connectivity index (χ1v) is 4.69. The van der Waals surface area contributed by atoms with Gasteiger partial charge in [0.25, 0.3) is 5.56 Å². The van der Waals surface area contributed by atoms with E-state index in [4.69, 9.17) is 5.11 Å². The van der Waals surface area contributed by atoms with Crippen molar-refractivity contribution in [3.05, 3.63) is 33.2 Å². The first-order valence-electron chi connectivity index (χ1n) is 4.69. The summed E-state index contributed by atoms with van der Waals surface area (Å²) in [6, 6.07) is 1.32. The zero-order valence-electron chi connectivity index (χ0n) is 9.00. The second kappa shape index (κ2) is 4.16. The summed E-state index contributed by atoms with van der Waals surface area (Å²) < 4.78 is 1.26. The lowest BCUT2D eigenvalue weighted by molar-refractivity contribution is 0.0694. The molecule has 2 N–H and O–H groups in total. The van der Waals surface area contributed by atoms with Gasteiger partial charge in [0.05, 0.1) is 11.3 Å². The van der Waals surface area contributed by atoms with Gasteiger partial charge in [-0.2, -0.15) is 0 Å². The molecule has 0 atom stereocenters. The standard InChI is InChI=1S/C10H14N2O3/c1-4-11-12-7(3)9(10(14)15)6(2)5-8(12)13/h5,11H,4H2,1-3H3,(H,14,15). The minimum absolute atomic E-state index is 0.176. The Morgan fingerprint density at radius 3 is 2.60 bits per heavy atom. The Morgan fingerprint density at radius 2 is 2.13 bits per heavy atom. The van der Waals surface area contributed by atoms with Gasteiger partial charge in [0.1, 0.15) is 0 Å². The van der Waals surface area contributed by atoms with Crippen LogP contribution in [0.4, 0.5) is 0 Å². The largest absolute Gasteiger partial charge is 0.478 e. The first-order chi connectivity index (χ1) is 6.99. The highest BCUT2D eigenvalue weighted by Gasteiger charge is 2.15. The summed E-state index contributed by atoms with van der Waals surface area (Å²) in [5.41, 5.74) is 3.66. The molecule has 1 aromatic rings. The van der Waals surface area contributed by atoms with Gasteiger partial charge in [-0.15, -0.1) is 0 Å². The number of hydrogen-bond acceptors (Lipinski definition) is 3. The third-order valence-corrected chi connectivity index (χ3v) is 2.18. The lowest BCUT2D eigenvalue weighted by Crippen LogP contribution is -2.32. The Hall–Kier alpha value is -1.78. The van der Waals surface area contributed by atoms with Crippen LogP contribution in [0.2, 0.25) is 0 Å². The Labute approximate surface area is 87.3 Å². The van der Waals surface area contributed by atoms with Gasteiger partial charge >= 0.3 is 5.97 Å². The molecule has 5 nitrogen and oxygen atoms in total. The van der Waals surface area contributed by atoms with Crippen LogP contribution >= 0.6 is 0 Å². The van der Waals surface area contributed by atoms with Crippen molar-refractivity contribution < 1.29 is 9.90 Å². The van der Waals surface area contributed by atoms with Crippen LogP contribution in [0.5, 0.6) is 0 Å². The number of aryl methyl sites for hydroxylation is 1. The van der Waals surface area contributed by atoms with E-state index < -0.39 is 5.97 Å². The first kappa shape index (κ1) is 11.3. The topological polar surface area (TPSA) is 71.3 Å². The molecule has 0 bridgehead atoms. The average Bonchev–Trinajstić information content (AvgIpc) is 2.11. The molecule has 0 aromatic carbocycles. The summed E-state index contributed by atoms with van der Waals surface area (Å²) in [5, 5.41) is 8.99. The Bertz CT molecular complexity index is 449. The number of aromatic nitrogens is 1. The molecular formula is C10H14N2O3. The van der Waals surface area contributed by atoms with E-state index in [1.807, 2.05) is 6.92 Å². The summed E-state index contributed by atoms with van der Waals surface area (Å²) >= 11 is 0. The van der Waals surface area contributed by atoms with E-state index in [1.54, 1.807) is 13.8 Å². The van der Waals surface area contributed by atoms with Crippen molar-refractivity contribution >= 4 is 5.97 Å². The summed E-state index contributed by atoms with van der Waals surface area (Å²) in [7, 11) is 0. The Morgan fingerprint density at radius 1 is 1.53 bits per heavy atom. The van der Waals surface area contributed by atoms with Gasteiger partial charge < -0.3 is 10.5 Å². The maximum absolute atomic E-state index is 11.5. The van der Waals surface area contributed by atoms with Crippen LogP contribution in [-0.2, 0) is 0 Å². The SMILES string of the molecule is CCNn1c(C)c(C(=O)O)c(C)cc1=O. The van der Waals surface area contributed by atoms with Gasteiger partial charge in [-0.05, 0) is 26.3 Å². The van der Waals surface area contributed by atoms with Crippen LogP contribution in [0, 0.1) is 13.8 Å². The fourth-order valence-electron chi connectivity index (χ4n) is 1.56. The highest BCUT2D eigenvalue weighted by Crippen LogP contribution is 2.09. The molecule has 0 radical (unpaired) electrons. The van der Waals surface area contributed by atoms with E-state index in [2.05, 4.69) is 5.43 Å². The van der Waals surface area contributed by atoms with Crippen molar-refractivity contribution in [1.82, 2.24) is 4.68 Å². The fraction of sp³-hybridized carbons (Fsp3) is 0.400. The number of nitrogens with zero attached hydrogens (tertiary/aromatic N) is 1. The molecule has 1 heterocycles. The molecular weight excluding hydrogens is 196 g/mol. The molecule has 1 aromatic heterocycles. The van der Waals surface area contributed by atoms with Crippen molar-refractivity contribution in [2.24, 2.45) is 0 Å². The lowest BCUT2D eigenvalue weighted by atomic mass is 10.1. The molecule has 0 aliphatic rings. The second-order valence-electron chi connectivity index (χ2n) is 3.28. The number of carbonyl (C=O) groups is 1. The molecule has 0 saturated carbocycles. The van der Waals surface area contributed by atoms with Crippen LogP contribution in [0.3, 0.4) is 0 Å². The van der Waals surface area contributed by atoms with Crippen molar-refractivity contribution in [3.63, 3.8) is 0 Å². The third kappa shape index (κ3) is 2.01. The van der Waals surface area contributed by atoms with Gasteiger partial charge in [-0.3, -0.25) is 4.79 Å². The number of aromatic carboxylic acids is 1. The molecule has 82 valence electrons. The number of rotatable bonds is 3. The summed E-state index contributed by atoms with van der Waals surface area (Å²) in [5.74, 6) is -1.02. The van der Waals surface area contributed by atoms with E-state index in [0.717, 1.165) is 0 Å².